The number of nitrogens with two attached hydrogens (primary N) is 1. The molecule has 0 bridgehead atoms. The largest absolute Gasteiger partial charge is 0.409 e. The summed E-state index contributed by atoms with van der Waals surface area (Å²) in [5, 5.41) is 14.2. The highest BCUT2D eigenvalue weighted by molar-refractivity contribution is 8.00. The second-order valence-electron chi connectivity index (χ2n) is 3.45. The van der Waals surface area contributed by atoms with Gasteiger partial charge in [-0.05, 0) is 25.1 Å². The topological polar surface area (TPSA) is 87.7 Å². The molecule has 84 valence electrons. The van der Waals surface area contributed by atoms with Crippen molar-refractivity contribution in [1.82, 2.24) is 0 Å². The van der Waals surface area contributed by atoms with E-state index >= 15 is 0 Å². The van der Waals surface area contributed by atoms with E-state index in [-0.39, 0.29) is 17.0 Å². The minimum absolute atomic E-state index is 0.0284. The lowest BCUT2D eigenvalue weighted by molar-refractivity contribution is -0.115. The average Bonchev–Trinajstić information content (AvgIpc) is 2.29. The lowest BCUT2D eigenvalue weighted by atomic mass is 10.2. The predicted octanol–water partition coefficient (Wildman–Crippen LogP) is 1.21. The summed E-state index contributed by atoms with van der Waals surface area (Å²) < 4.78 is 0. The van der Waals surface area contributed by atoms with Crippen LogP contribution in [0.4, 0.5) is 5.69 Å². The van der Waals surface area contributed by atoms with Crippen LogP contribution in [0.3, 0.4) is 0 Å². The van der Waals surface area contributed by atoms with Crippen molar-refractivity contribution in [3.63, 3.8) is 0 Å². The molecule has 1 unspecified atom stereocenters. The number of anilines is 1. The summed E-state index contributed by atoms with van der Waals surface area (Å²) >= 11 is 1.49. The van der Waals surface area contributed by atoms with E-state index in [2.05, 4.69) is 10.5 Å². The van der Waals surface area contributed by atoms with Gasteiger partial charge in [-0.2, -0.15) is 0 Å². The van der Waals surface area contributed by atoms with Gasteiger partial charge < -0.3 is 16.3 Å². The Morgan fingerprint density at radius 3 is 3.06 bits per heavy atom. The van der Waals surface area contributed by atoms with E-state index in [1.807, 2.05) is 13.0 Å². The zero-order valence-corrected chi connectivity index (χ0v) is 9.41. The highest BCUT2D eigenvalue weighted by atomic mass is 32.2. The van der Waals surface area contributed by atoms with Gasteiger partial charge in [-0.15, -0.1) is 11.8 Å². The monoisotopic (exact) mass is 237 g/mol. The number of hydrogen-bond acceptors (Lipinski definition) is 4. The summed E-state index contributed by atoms with van der Waals surface area (Å²) in [6.07, 6.45) is 0. The summed E-state index contributed by atoms with van der Waals surface area (Å²) in [7, 11) is 0. The van der Waals surface area contributed by atoms with Gasteiger partial charge >= 0.3 is 0 Å². The summed E-state index contributed by atoms with van der Waals surface area (Å²) in [6, 6.07) is 5.30. The molecule has 0 radical (unpaired) electrons. The number of amides is 1. The average molecular weight is 237 g/mol. The molecule has 0 fully saturated rings. The van der Waals surface area contributed by atoms with Gasteiger partial charge in [0, 0.05) is 10.5 Å². The van der Waals surface area contributed by atoms with Crippen LogP contribution < -0.4 is 11.1 Å². The number of thioether (sulfide) groups is 1. The summed E-state index contributed by atoms with van der Waals surface area (Å²) in [5.41, 5.74) is 6.76. The third-order valence-electron chi connectivity index (χ3n) is 2.31. The number of benzene rings is 1. The Kier molecular flexibility index (Phi) is 2.74. The van der Waals surface area contributed by atoms with Crippen molar-refractivity contribution in [1.29, 1.82) is 0 Å². The van der Waals surface area contributed by atoms with Gasteiger partial charge in [0.05, 0.1) is 10.9 Å². The van der Waals surface area contributed by atoms with E-state index < -0.39 is 0 Å². The molecule has 1 aliphatic rings. The van der Waals surface area contributed by atoms with E-state index in [9.17, 15) is 4.79 Å². The first-order chi connectivity index (χ1) is 7.61. The number of nitrogens with one attached hydrogen (secondary N) is 1. The SMILES string of the molecule is CC1Sc2ccc(/C(N)=N/O)cc2NC1=O. The fourth-order valence-corrected chi connectivity index (χ4v) is 2.36. The third-order valence-corrected chi connectivity index (χ3v) is 3.49. The molecule has 1 heterocycles. The molecule has 1 atom stereocenters. The summed E-state index contributed by atoms with van der Waals surface area (Å²) in [4.78, 5) is 12.5. The number of hydrogen-bond donors (Lipinski definition) is 3. The highest BCUT2D eigenvalue weighted by Gasteiger charge is 2.23. The predicted molar refractivity (Wildman–Crippen MR) is 62.9 cm³/mol. The van der Waals surface area contributed by atoms with Crippen LogP contribution in [0.2, 0.25) is 0 Å². The van der Waals surface area contributed by atoms with Gasteiger partial charge in [0.2, 0.25) is 5.91 Å². The molecule has 0 spiro atoms. The highest BCUT2D eigenvalue weighted by Crippen LogP contribution is 2.35. The van der Waals surface area contributed by atoms with Crippen LogP contribution in [-0.2, 0) is 4.79 Å². The van der Waals surface area contributed by atoms with Crippen molar-refractivity contribution >= 4 is 29.2 Å². The lowest BCUT2D eigenvalue weighted by Gasteiger charge is -2.21. The quantitative estimate of drug-likeness (QED) is 0.296. The Balaban J connectivity index is 2.40. The smallest absolute Gasteiger partial charge is 0.237 e. The molecule has 1 aromatic rings. The Bertz CT molecular complexity index is 473. The van der Waals surface area contributed by atoms with Crippen LogP contribution in [0, 0.1) is 0 Å². The minimum Gasteiger partial charge on any atom is -0.409 e. The second-order valence-corrected chi connectivity index (χ2v) is 4.83. The fraction of sp³-hybridized carbons (Fsp3) is 0.200. The molecule has 2 rings (SSSR count). The van der Waals surface area contributed by atoms with E-state index in [1.54, 1.807) is 12.1 Å². The van der Waals surface area contributed by atoms with Crippen molar-refractivity contribution in [3.8, 4) is 0 Å². The number of nitrogens with zero attached hydrogens (tertiary/aromatic N) is 1. The molecule has 6 heteroatoms. The zero-order chi connectivity index (χ0) is 11.7. The second kappa shape index (κ2) is 4.05. The van der Waals surface area contributed by atoms with Crippen molar-refractivity contribution in [2.45, 2.75) is 17.1 Å². The molecule has 1 aromatic carbocycles. The van der Waals surface area contributed by atoms with E-state index in [4.69, 9.17) is 10.9 Å². The molecule has 0 saturated carbocycles. The van der Waals surface area contributed by atoms with E-state index in [0.717, 1.165) is 4.90 Å². The van der Waals surface area contributed by atoms with Crippen molar-refractivity contribution in [2.24, 2.45) is 10.9 Å². The maximum Gasteiger partial charge on any atom is 0.237 e. The van der Waals surface area contributed by atoms with Gasteiger partial charge in [0.1, 0.15) is 0 Å². The maximum absolute atomic E-state index is 11.5. The van der Waals surface area contributed by atoms with Crippen molar-refractivity contribution in [3.05, 3.63) is 23.8 Å². The first kappa shape index (κ1) is 10.8. The fourth-order valence-electron chi connectivity index (χ4n) is 1.43. The van der Waals surface area contributed by atoms with Crippen LogP contribution in [0.5, 0.6) is 0 Å². The number of amidine groups is 1. The maximum atomic E-state index is 11.5. The molecular formula is C10H11N3O2S. The van der Waals surface area contributed by atoms with Crippen LogP contribution in [-0.4, -0.2) is 22.2 Å². The van der Waals surface area contributed by atoms with Crippen molar-refractivity contribution in [2.75, 3.05) is 5.32 Å². The van der Waals surface area contributed by atoms with E-state index in [0.29, 0.717) is 11.3 Å². The number of fused-ring (bicyclic) bond motifs is 1. The van der Waals surface area contributed by atoms with E-state index in [1.165, 1.54) is 11.8 Å². The Morgan fingerprint density at radius 2 is 2.38 bits per heavy atom. The Morgan fingerprint density at radius 1 is 1.62 bits per heavy atom. The minimum atomic E-state index is -0.0952. The van der Waals surface area contributed by atoms with Gasteiger partial charge in [0.15, 0.2) is 5.84 Å². The third kappa shape index (κ3) is 1.83. The lowest BCUT2D eigenvalue weighted by Crippen LogP contribution is -2.26. The number of oxime groups is 1. The molecular weight excluding hydrogens is 226 g/mol. The Hall–Kier alpha value is -1.69. The van der Waals surface area contributed by atoms with Gasteiger partial charge in [-0.1, -0.05) is 5.16 Å². The van der Waals surface area contributed by atoms with Gasteiger partial charge in [0.25, 0.3) is 0 Å². The molecule has 0 aromatic heterocycles. The number of rotatable bonds is 1. The standard InChI is InChI=1S/C10H11N3O2S/c1-5-10(14)12-7-4-6(9(11)13-15)2-3-8(7)16-5/h2-5,15H,1H3,(H2,11,13)(H,12,14). The molecule has 4 N–H and O–H groups in total. The normalized spacial score (nSPS) is 20.2. The van der Waals surface area contributed by atoms with Gasteiger partial charge in [-0.3, -0.25) is 4.79 Å². The molecule has 5 nitrogen and oxygen atoms in total. The summed E-state index contributed by atoms with van der Waals surface area (Å²) in [5.74, 6) is -0.00479. The number of carbonyl (C=O) groups is 1. The van der Waals surface area contributed by atoms with Crippen LogP contribution >= 0.6 is 11.8 Å². The molecule has 16 heavy (non-hydrogen) atoms. The van der Waals surface area contributed by atoms with Gasteiger partial charge in [-0.25, -0.2) is 0 Å². The van der Waals surface area contributed by atoms with Crippen LogP contribution in [0.15, 0.2) is 28.3 Å². The first-order valence-corrected chi connectivity index (χ1v) is 5.59. The molecule has 1 aliphatic heterocycles. The summed E-state index contributed by atoms with van der Waals surface area (Å²) in [6.45, 7) is 1.85. The molecule has 1 amide bonds. The zero-order valence-electron chi connectivity index (χ0n) is 8.60. The first-order valence-electron chi connectivity index (χ1n) is 4.71. The number of carbonyl (C=O) groups excluding carboxylic acids is 1. The van der Waals surface area contributed by atoms with Crippen LogP contribution in [0.25, 0.3) is 0 Å². The Labute approximate surface area is 96.7 Å². The molecule has 0 saturated heterocycles. The van der Waals surface area contributed by atoms with Crippen molar-refractivity contribution < 1.29 is 10.0 Å². The van der Waals surface area contributed by atoms with Crippen LogP contribution in [0.1, 0.15) is 12.5 Å². The molecule has 0 aliphatic carbocycles.